The van der Waals surface area contributed by atoms with Gasteiger partial charge in [0.15, 0.2) is 0 Å². The Morgan fingerprint density at radius 1 is 1.25 bits per heavy atom. The summed E-state index contributed by atoms with van der Waals surface area (Å²) in [6, 6.07) is 8.56. The Morgan fingerprint density at radius 2 is 1.88 bits per heavy atom. The van der Waals surface area contributed by atoms with Crippen LogP contribution in [0.25, 0.3) is 0 Å². The summed E-state index contributed by atoms with van der Waals surface area (Å²) in [4.78, 5) is 0.356. The van der Waals surface area contributed by atoms with Gasteiger partial charge in [0.2, 0.25) is 10.0 Å². The molecule has 1 N–H and O–H groups in total. The standard InChI is InChI=1S/C12H17NO2S/c1-2-12(9-6-10-12)13-16(14,15)11-7-4-3-5-8-11/h3-5,7-8,13H,2,6,9-10H2,1H3. The fourth-order valence-corrected chi connectivity index (χ4v) is 3.63. The van der Waals surface area contributed by atoms with Crippen molar-refractivity contribution in [1.29, 1.82) is 0 Å². The lowest BCUT2D eigenvalue weighted by Gasteiger charge is -2.41. The Bertz CT molecular complexity index is 444. The van der Waals surface area contributed by atoms with E-state index < -0.39 is 10.0 Å². The Labute approximate surface area is 96.9 Å². The van der Waals surface area contributed by atoms with Crippen LogP contribution < -0.4 is 4.72 Å². The van der Waals surface area contributed by atoms with Crippen molar-refractivity contribution in [1.82, 2.24) is 4.72 Å². The topological polar surface area (TPSA) is 46.2 Å². The lowest BCUT2D eigenvalue weighted by atomic mass is 9.76. The molecule has 1 fully saturated rings. The summed E-state index contributed by atoms with van der Waals surface area (Å²) in [5.41, 5.74) is -0.186. The largest absolute Gasteiger partial charge is 0.241 e. The Hall–Kier alpha value is -0.870. The van der Waals surface area contributed by atoms with Gasteiger partial charge in [0, 0.05) is 5.54 Å². The second kappa shape index (κ2) is 4.18. The zero-order chi connectivity index (χ0) is 11.6. The van der Waals surface area contributed by atoms with E-state index in [-0.39, 0.29) is 5.54 Å². The van der Waals surface area contributed by atoms with Crippen molar-refractivity contribution in [3.05, 3.63) is 30.3 Å². The molecule has 88 valence electrons. The molecule has 16 heavy (non-hydrogen) atoms. The highest BCUT2D eigenvalue weighted by molar-refractivity contribution is 7.89. The van der Waals surface area contributed by atoms with E-state index in [9.17, 15) is 8.42 Å². The van der Waals surface area contributed by atoms with E-state index in [0.717, 1.165) is 25.7 Å². The first-order valence-electron chi connectivity index (χ1n) is 5.67. The van der Waals surface area contributed by atoms with Gasteiger partial charge < -0.3 is 0 Å². The summed E-state index contributed by atoms with van der Waals surface area (Å²) in [6.45, 7) is 2.03. The van der Waals surface area contributed by atoms with Crippen LogP contribution in [0.5, 0.6) is 0 Å². The molecule has 0 bridgehead atoms. The van der Waals surface area contributed by atoms with Gasteiger partial charge in [-0.3, -0.25) is 0 Å². The van der Waals surface area contributed by atoms with Crippen LogP contribution in [0.2, 0.25) is 0 Å². The third kappa shape index (κ3) is 2.13. The molecule has 0 saturated heterocycles. The zero-order valence-electron chi connectivity index (χ0n) is 9.44. The number of hydrogen-bond donors (Lipinski definition) is 1. The lowest BCUT2D eigenvalue weighted by Crippen LogP contribution is -2.52. The average Bonchev–Trinajstić information content (AvgIpc) is 2.25. The number of nitrogens with one attached hydrogen (secondary N) is 1. The molecule has 1 aromatic carbocycles. The second-order valence-corrected chi connectivity index (χ2v) is 6.09. The summed E-state index contributed by atoms with van der Waals surface area (Å²) < 4.78 is 27.0. The predicted octanol–water partition coefficient (Wildman–Crippen LogP) is 2.30. The molecule has 1 aliphatic carbocycles. The fourth-order valence-electron chi connectivity index (χ4n) is 2.07. The maximum absolute atomic E-state index is 12.1. The minimum atomic E-state index is -3.34. The van der Waals surface area contributed by atoms with Crippen molar-refractivity contribution < 1.29 is 8.42 Å². The van der Waals surface area contributed by atoms with Gasteiger partial charge in [0.1, 0.15) is 0 Å². The van der Waals surface area contributed by atoms with E-state index in [1.807, 2.05) is 13.0 Å². The van der Waals surface area contributed by atoms with Crippen LogP contribution in [0.3, 0.4) is 0 Å². The van der Waals surface area contributed by atoms with Crippen molar-refractivity contribution in [2.24, 2.45) is 0 Å². The fraction of sp³-hybridized carbons (Fsp3) is 0.500. The molecule has 0 heterocycles. The van der Waals surface area contributed by atoms with Crippen molar-refractivity contribution in [3.8, 4) is 0 Å². The van der Waals surface area contributed by atoms with Gasteiger partial charge in [0.25, 0.3) is 0 Å². The van der Waals surface area contributed by atoms with Crippen molar-refractivity contribution in [2.75, 3.05) is 0 Å². The van der Waals surface area contributed by atoms with Crippen molar-refractivity contribution in [2.45, 2.75) is 43.0 Å². The molecule has 0 atom stereocenters. The molecular weight excluding hydrogens is 222 g/mol. The highest BCUT2D eigenvalue weighted by Gasteiger charge is 2.38. The van der Waals surface area contributed by atoms with Crippen LogP contribution in [0.1, 0.15) is 32.6 Å². The second-order valence-electron chi connectivity index (χ2n) is 4.41. The van der Waals surface area contributed by atoms with Crippen LogP contribution in [0, 0.1) is 0 Å². The van der Waals surface area contributed by atoms with Crippen LogP contribution in [0.4, 0.5) is 0 Å². The maximum atomic E-state index is 12.1. The first kappa shape index (κ1) is 11.6. The molecule has 1 aliphatic rings. The van der Waals surface area contributed by atoms with E-state index in [0.29, 0.717) is 4.90 Å². The van der Waals surface area contributed by atoms with Gasteiger partial charge in [-0.2, -0.15) is 0 Å². The quantitative estimate of drug-likeness (QED) is 0.876. The molecule has 0 aliphatic heterocycles. The Kier molecular flexibility index (Phi) is 3.04. The molecule has 1 saturated carbocycles. The number of rotatable bonds is 4. The van der Waals surface area contributed by atoms with E-state index >= 15 is 0 Å². The minimum Gasteiger partial charge on any atom is -0.207 e. The molecule has 0 radical (unpaired) electrons. The highest BCUT2D eigenvalue weighted by Crippen LogP contribution is 2.35. The van der Waals surface area contributed by atoms with Crippen LogP contribution in [0.15, 0.2) is 35.2 Å². The van der Waals surface area contributed by atoms with Crippen LogP contribution >= 0.6 is 0 Å². The lowest BCUT2D eigenvalue weighted by molar-refractivity contribution is 0.214. The van der Waals surface area contributed by atoms with Gasteiger partial charge in [-0.1, -0.05) is 25.1 Å². The summed E-state index contributed by atoms with van der Waals surface area (Å²) in [6.07, 6.45) is 3.88. The average molecular weight is 239 g/mol. The monoisotopic (exact) mass is 239 g/mol. The third-order valence-corrected chi connectivity index (χ3v) is 4.99. The SMILES string of the molecule is CCC1(NS(=O)(=O)c2ccccc2)CCC1. The van der Waals surface area contributed by atoms with Gasteiger partial charge in [-0.25, -0.2) is 13.1 Å². The van der Waals surface area contributed by atoms with Crippen molar-refractivity contribution in [3.63, 3.8) is 0 Å². The van der Waals surface area contributed by atoms with Gasteiger partial charge in [0.05, 0.1) is 4.90 Å². The smallest absolute Gasteiger partial charge is 0.207 e. The van der Waals surface area contributed by atoms with Crippen molar-refractivity contribution >= 4 is 10.0 Å². The molecule has 2 rings (SSSR count). The molecule has 0 unspecified atom stereocenters. The first-order chi connectivity index (χ1) is 7.58. The minimum absolute atomic E-state index is 0.186. The summed E-state index contributed by atoms with van der Waals surface area (Å²) >= 11 is 0. The van der Waals surface area contributed by atoms with Gasteiger partial charge in [-0.05, 0) is 37.8 Å². The van der Waals surface area contributed by atoms with E-state index in [1.54, 1.807) is 24.3 Å². The summed E-state index contributed by atoms with van der Waals surface area (Å²) in [5.74, 6) is 0. The van der Waals surface area contributed by atoms with E-state index in [1.165, 1.54) is 0 Å². The molecular formula is C12H17NO2S. The Balaban J connectivity index is 2.21. The first-order valence-corrected chi connectivity index (χ1v) is 7.15. The normalized spacial score (nSPS) is 19.1. The van der Waals surface area contributed by atoms with Gasteiger partial charge >= 0.3 is 0 Å². The number of hydrogen-bond acceptors (Lipinski definition) is 2. The third-order valence-electron chi connectivity index (χ3n) is 3.39. The Morgan fingerprint density at radius 3 is 2.31 bits per heavy atom. The summed E-state index contributed by atoms with van der Waals surface area (Å²) in [5, 5.41) is 0. The van der Waals surface area contributed by atoms with Gasteiger partial charge in [-0.15, -0.1) is 0 Å². The number of sulfonamides is 1. The molecule has 1 aromatic rings. The predicted molar refractivity (Wildman–Crippen MR) is 63.6 cm³/mol. The van der Waals surface area contributed by atoms with Crippen LogP contribution in [-0.2, 0) is 10.0 Å². The van der Waals surface area contributed by atoms with E-state index in [2.05, 4.69) is 4.72 Å². The molecule has 3 nitrogen and oxygen atoms in total. The van der Waals surface area contributed by atoms with E-state index in [4.69, 9.17) is 0 Å². The highest BCUT2D eigenvalue weighted by atomic mass is 32.2. The zero-order valence-corrected chi connectivity index (χ0v) is 10.3. The van der Waals surface area contributed by atoms with Crippen LogP contribution in [-0.4, -0.2) is 14.0 Å². The summed E-state index contributed by atoms with van der Waals surface area (Å²) in [7, 11) is -3.34. The maximum Gasteiger partial charge on any atom is 0.241 e. The molecule has 4 heteroatoms. The molecule has 0 spiro atoms. The molecule has 0 aromatic heterocycles. The number of benzene rings is 1. The molecule has 0 amide bonds.